The van der Waals surface area contributed by atoms with E-state index in [9.17, 15) is 13.2 Å². The maximum absolute atomic E-state index is 14.2. The SMILES string of the molecule is FC(F)(F)c1cc(-c2nn(C[C@H]3COCCO3)cc2C2CC2)ccc1-c1cn(C[C@@H]2CCCO2)nn1. The van der Waals surface area contributed by atoms with Crippen molar-refractivity contribution >= 4 is 0 Å². The number of benzene rings is 1. The van der Waals surface area contributed by atoms with Crippen molar-refractivity contribution in [3.63, 3.8) is 0 Å². The summed E-state index contributed by atoms with van der Waals surface area (Å²) in [4.78, 5) is 0. The third kappa shape index (κ3) is 5.05. The van der Waals surface area contributed by atoms with Gasteiger partial charge in [0.05, 0.1) is 56.5 Å². The average molecular weight is 504 g/mol. The molecule has 2 aromatic heterocycles. The van der Waals surface area contributed by atoms with Crippen LogP contribution in [0.25, 0.3) is 22.5 Å². The molecule has 0 radical (unpaired) electrons. The zero-order valence-corrected chi connectivity index (χ0v) is 19.8. The van der Waals surface area contributed by atoms with E-state index in [0.29, 0.717) is 56.7 Å². The van der Waals surface area contributed by atoms with Gasteiger partial charge in [0, 0.05) is 29.5 Å². The van der Waals surface area contributed by atoms with Gasteiger partial charge in [0.2, 0.25) is 0 Å². The molecule has 192 valence electrons. The molecule has 0 spiro atoms. The number of alkyl halides is 3. The number of hydrogen-bond acceptors (Lipinski definition) is 6. The average Bonchev–Trinajstić information content (AvgIpc) is 3.22. The number of aromatic nitrogens is 5. The summed E-state index contributed by atoms with van der Waals surface area (Å²) < 4.78 is 62.8. The Balaban J connectivity index is 1.31. The lowest BCUT2D eigenvalue weighted by Gasteiger charge is -2.22. The van der Waals surface area contributed by atoms with E-state index in [0.717, 1.165) is 31.2 Å². The Bertz CT molecular complexity index is 1210. The van der Waals surface area contributed by atoms with Gasteiger partial charge in [-0.25, -0.2) is 4.68 Å². The normalized spacial score (nSPS) is 22.9. The van der Waals surface area contributed by atoms with Crippen molar-refractivity contribution in [2.45, 2.75) is 63.1 Å². The molecule has 8 nitrogen and oxygen atoms in total. The van der Waals surface area contributed by atoms with Gasteiger partial charge in [-0.15, -0.1) is 5.10 Å². The van der Waals surface area contributed by atoms with Gasteiger partial charge in [-0.1, -0.05) is 17.3 Å². The fraction of sp³-hybridized carbons (Fsp3) is 0.560. The van der Waals surface area contributed by atoms with Gasteiger partial charge in [0.25, 0.3) is 0 Å². The van der Waals surface area contributed by atoms with E-state index in [1.54, 1.807) is 21.6 Å². The minimum absolute atomic E-state index is 0.00463. The van der Waals surface area contributed by atoms with Crippen LogP contribution in [0.2, 0.25) is 0 Å². The molecule has 1 aliphatic carbocycles. The summed E-state index contributed by atoms with van der Waals surface area (Å²) in [5, 5.41) is 12.8. The molecule has 1 saturated carbocycles. The maximum Gasteiger partial charge on any atom is 0.417 e. The third-order valence-corrected chi connectivity index (χ3v) is 6.91. The van der Waals surface area contributed by atoms with Gasteiger partial charge in [-0.05, 0) is 37.7 Å². The van der Waals surface area contributed by atoms with Crippen LogP contribution in [0.5, 0.6) is 0 Å². The van der Waals surface area contributed by atoms with Crippen LogP contribution in [0.1, 0.15) is 42.7 Å². The molecule has 4 heterocycles. The van der Waals surface area contributed by atoms with Crippen molar-refractivity contribution < 1.29 is 27.4 Å². The molecule has 3 aromatic rings. The van der Waals surface area contributed by atoms with Crippen molar-refractivity contribution in [1.82, 2.24) is 24.8 Å². The van der Waals surface area contributed by atoms with Gasteiger partial charge in [0.15, 0.2) is 0 Å². The van der Waals surface area contributed by atoms with Crippen LogP contribution >= 0.6 is 0 Å². The van der Waals surface area contributed by atoms with Gasteiger partial charge in [-0.3, -0.25) is 4.68 Å². The third-order valence-electron chi connectivity index (χ3n) is 6.91. The smallest absolute Gasteiger partial charge is 0.376 e. The van der Waals surface area contributed by atoms with Crippen LogP contribution in [-0.4, -0.2) is 63.4 Å². The predicted octanol–water partition coefficient (Wildman–Crippen LogP) is 4.30. The number of nitrogens with zero attached hydrogens (tertiary/aromatic N) is 5. The Morgan fingerprint density at radius 2 is 1.78 bits per heavy atom. The van der Waals surface area contributed by atoms with E-state index < -0.39 is 11.7 Å². The standard InChI is InChI=1S/C25H28F3N5O3/c26-25(27,28)22-10-17(5-6-20(22)23-14-33(31-29-23)11-18-2-1-7-35-18)24-21(16-3-4-16)13-32(30-24)12-19-15-34-8-9-36-19/h5-6,10,13-14,16,18-19H,1-4,7-9,11-12,15H2/t18-,19-/m0/s1. The molecule has 11 heteroatoms. The fourth-order valence-corrected chi connectivity index (χ4v) is 4.96. The van der Waals surface area contributed by atoms with Crippen molar-refractivity contribution in [2.24, 2.45) is 0 Å². The topological polar surface area (TPSA) is 76.2 Å². The molecule has 2 aliphatic heterocycles. The Labute approximate surface area is 206 Å². The van der Waals surface area contributed by atoms with Crippen LogP contribution in [0, 0.1) is 0 Å². The van der Waals surface area contributed by atoms with E-state index in [4.69, 9.17) is 19.3 Å². The molecule has 6 rings (SSSR count). The lowest BCUT2D eigenvalue weighted by molar-refractivity contribution is -0.137. The summed E-state index contributed by atoms with van der Waals surface area (Å²) in [6.45, 7) is 3.26. The maximum atomic E-state index is 14.2. The lowest BCUT2D eigenvalue weighted by atomic mass is 9.97. The van der Waals surface area contributed by atoms with Gasteiger partial charge < -0.3 is 14.2 Å². The van der Waals surface area contributed by atoms with E-state index in [-0.39, 0.29) is 23.5 Å². The monoisotopic (exact) mass is 503 g/mol. The minimum Gasteiger partial charge on any atom is -0.376 e. The largest absolute Gasteiger partial charge is 0.417 e. The van der Waals surface area contributed by atoms with Crippen LogP contribution in [0.4, 0.5) is 13.2 Å². The minimum atomic E-state index is -4.56. The molecular formula is C25H28F3N5O3. The first kappa shape index (κ1) is 23.6. The van der Waals surface area contributed by atoms with Crippen LogP contribution in [0.15, 0.2) is 30.6 Å². The van der Waals surface area contributed by atoms with Crippen molar-refractivity contribution in [3.05, 3.63) is 41.7 Å². The van der Waals surface area contributed by atoms with Gasteiger partial charge >= 0.3 is 6.18 Å². The van der Waals surface area contributed by atoms with Gasteiger partial charge in [0.1, 0.15) is 11.8 Å². The summed E-state index contributed by atoms with van der Waals surface area (Å²) in [5.74, 6) is 0.323. The molecule has 36 heavy (non-hydrogen) atoms. The predicted molar refractivity (Wildman–Crippen MR) is 123 cm³/mol. The zero-order valence-electron chi connectivity index (χ0n) is 19.8. The number of halogens is 3. The highest BCUT2D eigenvalue weighted by Gasteiger charge is 2.36. The quantitative estimate of drug-likeness (QED) is 0.479. The van der Waals surface area contributed by atoms with E-state index in [1.165, 1.54) is 12.1 Å². The molecule has 0 bridgehead atoms. The van der Waals surface area contributed by atoms with E-state index >= 15 is 0 Å². The molecule has 1 aromatic carbocycles. The van der Waals surface area contributed by atoms with Crippen LogP contribution < -0.4 is 0 Å². The summed E-state index contributed by atoms with van der Waals surface area (Å²) in [6, 6.07) is 4.36. The highest BCUT2D eigenvalue weighted by atomic mass is 19.4. The Morgan fingerprint density at radius 3 is 2.50 bits per heavy atom. The Hall–Kier alpha value is -2.76. The first-order valence-electron chi connectivity index (χ1n) is 12.4. The summed E-state index contributed by atoms with van der Waals surface area (Å²) >= 11 is 0. The van der Waals surface area contributed by atoms with E-state index in [1.807, 2.05) is 6.20 Å². The molecule has 0 N–H and O–H groups in total. The highest BCUT2D eigenvalue weighted by molar-refractivity contribution is 5.72. The molecule has 3 fully saturated rings. The van der Waals surface area contributed by atoms with Crippen molar-refractivity contribution in [1.29, 1.82) is 0 Å². The molecular weight excluding hydrogens is 475 g/mol. The second-order valence-corrected chi connectivity index (χ2v) is 9.72. The summed E-state index contributed by atoms with van der Waals surface area (Å²) in [6.07, 6.45) is 2.76. The molecule has 0 amide bonds. The summed E-state index contributed by atoms with van der Waals surface area (Å²) in [7, 11) is 0. The molecule has 2 saturated heterocycles. The van der Waals surface area contributed by atoms with Crippen LogP contribution in [-0.2, 0) is 33.5 Å². The zero-order chi connectivity index (χ0) is 24.7. The molecule has 3 aliphatic rings. The summed E-state index contributed by atoms with van der Waals surface area (Å²) in [5.41, 5.74) is 1.46. The second kappa shape index (κ2) is 9.60. The molecule has 0 unspecified atom stereocenters. The fourth-order valence-electron chi connectivity index (χ4n) is 4.96. The second-order valence-electron chi connectivity index (χ2n) is 9.72. The van der Waals surface area contributed by atoms with Crippen LogP contribution in [0.3, 0.4) is 0 Å². The van der Waals surface area contributed by atoms with Crippen molar-refractivity contribution in [3.8, 4) is 22.5 Å². The Morgan fingerprint density at radius 1 is 0.944 bits per heavy atom. The first-order valence-corrected chi connectivity index (χ1v) is 12.4. The molecule has 2 atom stereocenters. The number of hydrogen-bond donors (Lipinski definition) is 0. The van der Waals surface area contributed by atoms with E-state index in [2.05, 4.69) is 10.3 Å². The number of ether oxygens (including phenoxy) is 3. The first-order chi connectivity index (χ1) is 17.4. The highest BCUT2D eigenvalue weighted by Crippen LogP contribution is 2.45. The Kier molecular flexibility index (Phi) is 6.30. The lowest BCUT2D eigenvalue weighted by Crippen LogP contribution is -2.32. The van der Waals surface area contributed by atoms with Crippen molar-refractivity contribution in [2.75, 3.05) is 26.4 Å². The van der Waals surface area contributed by atoms with Gasteiger partial charge in [-0.2, -0.15) is 18.3 Å². The number of rotatable bonds is 7.